The zero-order valence-corrected chi connectivity index (χ0v) is 22.3. The third-order valence-electron chi connectivity index (χ3n) is 7.23. The Morgan fingerprint density at radius 2 is 1.68 bits per heavy atom. The molecule has 0 saturated carbocycles. The van der Waals surface area contributed by atoms with Gasteiger partial charge in [-0.05, 0) is 54.7 Å². The molecule has 0 aliphatic carbocycles. The van der Waals surface area contributed by atoms with Crippen molar-refractivity contribution in [2.24, 2.45) is 7.05 Å². The van der Waals surface area contributed by atoms with E-state index < -0.39 is 11.2 Å². The van der Waals surface area contributed by atoms with E-state index in [9.17, 15) is 19.2 Å². The van der Waals surface area contributed by atoms with Gasteiger partial charge in [0, 0.05) is 54.7 Å². The molecule has 5 rings (SSSR count). The Bertz CT molecular complexity index is 1500. The van der Waals surface area contributed by atoms with E-state index in [4.69, 9.17) is 23.2 Å². The highest BCUT2D eigenvalue weighted by atomic mass is 35.5. The largest absolute Gasteiger partial charge is 0.341 e. The van der Waals surface area contributed by atoms with Gasteiger partial charge in [0.05, 0.1) is 5.56 Å². The van der Waals surface area contributed by atoms with E-state index in [2.05, 4.69) is 5.32 Å². The minimum absolute atomic E-state index is 0.0211. The average molecular weight is 556 g/mol. The van der Waals surface area contributed by atoms with Crippen LogP contribution in [0, 0.1) is 0 Å². The number of nitrogens with zero attached hydrogens (tertiary/aromatic N) is 4. The standard InChI is InChI=1S/C27H27Cl2N5O4/c1-31-25(36)22(18-12-19(28)14-20(29)13-18)15-33(27(31)38)16-24(35)32-9-7-21(8-10-32)34-11-6-17-4-2-3-5-23(17)30-26(34)37/h2-5,12-15,21H,6-11,16H2,1H3,(H,30,37). The lowest BCUT2D eigenvalue weighted by Crippen LogP contribution is -2.51. The number of carbonyl (C=O) groups excluding carboxylic acids is 2. The minimum atomic E-state index is -0.587. The van der Waals surface area contributed by atoms with Gasteiger partial charge in [-0.2, -0.15) is 0 Å². The van der Waals surface area contributed by atoms with Crippen molar-refractivity contribution in [3.8, 4) is 11.1 Å². The van der Waals surface area contributed by atoms with Gasteiger partial charge in [-0.25, -0.2) is 9.59 Å². The molecule has 1 N–H and O–H groups in total. The normalized spacial score (nSPS) is 16.1. The van der Waals surface area contributed by atoms with E-state index in [1.54, 1.807) is 23.1 Å². The third kappa shape index (κ3) is 5.21. The van der Waals surface area contributed by atoms with E-state index in [0.717, 1.165) is 22.2 Å². The predicted octanol–water partition coefficient (Wildman–Crippen LogP) is 3.60. The molecule has 1 aromatic heterocycles. The molecular weight excluding hydrogens is 529 g/mol. The first-order chi connectivity index (χ1) is 18.2. The summed E-state index contributed by atoms with van der Waals surface area (Å²) in [4.78, 5) is 55.2. The molecule has 0 radical (unpaired) electrons. The van der Waals surface area contributed by atoms with Crippen molar-refractivity contribution in [1.29, 1.82) is 0 Å². The lowest BCUT2D eigenvalue weighted by molar-refractivity contribution is -0.133. The Labute approximate surface area is 229 Å². The van der Waals surface area contributed by atoms with Gasteiger partial charge in [-0.15, -0.1) is 0 Å². The number of urea groups is 1. The highest BCUT2D eigenvalue weighted by Crippen LogP contribution is 2.26. The number of amides is 3. The fourth-order valence-corrected chi connectivity index (χ4v) is 5.68. The molecule has 3 aromatic rings. The summed E-state index contributed by atoms with van der Waals surface area (Å²) in [6.07, 6.45) is 3.44. The van der Waals surface area contributed by atoms with Crippen molar-refractivity contribution in [2.75, 3.05) is 25.0 Å². The maximum atomic E-state index is 13.2. The number of rotatable bonds is 4. The molecule has 0 spiro atoms. The fourth-order valence-electron chi connectivity index (χ4n) is 5.16. The Kier molecular flexibility index (Phi) is 7.32. The van der Waals surface area contributed by atoms with Crippen LogP contribution in [-0.2, 0) is 24.8 Å². The first-order valence-corrected chi connectivity index (χ1v) is 13.2. The lowest BCUT2D eigenvalue weighted by atomic mass is 10.0. The van der Waals surface area contributed by atoms with E-state index in [-0.39, 0.29) is 30.1 Å². The highest BCUT2D eigenvalue weighted by molar-refractivity contribution is 6.35. The maximum Gasteiger partial charge on any atom is 0.331 e. The molecule has 0 unspecified atom stereocenters. The topological polar surface area (TPSA) is 96.7 Å². The van der Waals surface area contributed by atoms with Gasteiger partial charge in [0.25, 0.3) is 5.56 Å². The van der Waals surface area contributed by atoms with Crippen LogP contribution in [0.15, 0.2) is 58.3 Å². The number of benzene rings is 2. The number of hydrogen-bond donors (Lipinski definition) is 1. The molecule has 11 heteroatoms. The smallest absolute Gasteiger partial charge is 0.331 e. The summed E-state index contributed by atoms with van der Waals surface area (Å²) in [6, 6.07) is 12.4. The Morgan fingerprint density at radius 1 is 1.00 bits per heavy atom. The van der Waals surface area contributed by atoms with E-state index in [1.807, 2.05) is 29.2 Å². The van der Waals surface area contributed by atoms with Crippen LogP contribution in [0.1, 0.15) is 18.4 Å². The van der Waals surface area contributed by atoms with Crippen LogP contribution in [0.3, 0.4) is 0 Å². The van der Waals surface area contributed by atoms with Crippen molar-refractivity contribution in [2.45, 2.75) is 31.8 Å². The molecule has 0 bridgehead atoms. The fraction of sp³-hybridized carbons (Fsp3) is 0.333. The molecule has 0 atom stereocenters. The second-order valence-electron chi connectivity index (χ2n) is 9.62. The van der Waals surface area contributed by atoms with Crippen molar-refractivity contribution >= 4 is 40.8 Å². The van der Waals surface area contributed by atoms with Crippen LogP contribution in [0.4, 0.5) is 10.5 Å². The number of likely N-dealkylation sites (tertiary alicyclic amines) is 1. The highest BCUT2D eigenvalue weighted by Gasteiger charge is 2.31. The molecule has 1 saturated heterocycles. The van der Waals surface area contributed by atoms with Crippen LogP contribution >= 0.6 is 23.2 Å². The summed E-state index contributed by atoms with van der Waals surface area (Å²) in [5.41, 5.74) is 1.54. The van der Waals surface area contributed by atoms with Gasteiger partial charge in [0.2, 0.25) is 5.91 Å². The first kappa shape index (κ1) is 26.1. The van der Waals surface area contributed by atoms with Gasteiger partial charge in [0.15, 0.2) is 0 Å². The Morgan fingerprint density at radius 3 is 2.39 bits per heavy atom. The molecule has 9 nitrogen and oxygen atoms in total. The molecular formula is C27H27Cl2N5O4. The molecule has 3 heterocycles. The second kappa shape index (κ2) is 10.7. The molecule has 2 aliphatic rings. The Hall–Kier alpha value is -3.56. The minimum Gasteiger partial charge on any atom is -0.341 e. The number of halogens is 2. The van der Waals surface area contributed by atoms with Crippen LogP contribution < -0.4 is 16.6 Å². The summed E-state index contributed by atoms with van der Waals surface area (Å²) in [6.45, 7) is 1.35. The van der Waals surface area contributed by atoms with E-state index >= 15 is 0 Å². The molecule has 1 fully saturated rings. The van der Waals surface area contributed by atoms with Gasteiger partial charge in [-0.3, -0.25) is 18.7 Å². The number of para-hydroxylation sites is 1. The third-order valence-corrected chi connectivity index (χ3v) is 7.67. The summed E-state index contributed by atoms with van der Waals surface area (Å²) in [5.74, 6) is -0.230. The van der Waals surface area contributed by atoms with Crippen LogP contribution in [0.2, 0.25) is 10.0 Å². The zero-order chi connectivity index (χ0) is 27.0. The predicted molar refractivity (Wildman–Crippen MR) is 147 cm³/mol. The Balaban J connectivity index is 1.27. The quantitative estimate of drug-likeness (QED) is 0.531. The summed E-state index contributed by atoms with van der Waals surface area (Å²) in [5, 5.41) is 3.71. The SMILES string of the molecule is Cn1c(=O)c(-c2cc(Cl)cc(Cl)c2)cn(CC(=O)N2CCC(N3CCc4ccccc4NC3=O)CC2)c1=O. The van der Waals surface area contributed by atoms with Gasteiger partial charge in [-0.1, -0.05) is 41.4 Å². The number of hydrogen-bond acceptors (Lipinski definition) is 4. The molecule has 38 heavy (non-hydrogen) atoms. The van der Waals surface area contributed by atoms with Crippen molar-refractivity contribution in [3.63, 3.8) is 0 Å². The number of aromatic nitrogens is 2. The first-order valence-electron chi connectivity index (χ1n) is 12.4. The summed E-state index contributed by atoms with van der Waals surface area (Å²) in [7, 11) is 1.37. The summed E-state index contributed by atoms with van der Waals surface area (Å²) < 4.78 is 2.21. The summed E-state index contributed by atoms with van der Waals surface area (Å²) >= 11 is 12.2. The van der Waals surface area contributed by atoms with E-state index in [0.29, 0.717) is 48.1 Å². The van der Waals surface area contributed by atoms with Crippen LogP contribution in [0.5, 0.6) is 0 Å². The average Bonchev–Trinajstić information content (AvgIpc) is 3.06. The second-order valence-corrected chi connectivity index (χ2v) is 10.5. The number of fused-ring (bicyclic) bond motifs is 1. The van der Waals surface area contributed by atoms with E-state index in [1.165, 1.54) is 17.8 Å². The number of nitrogens with one attached hydrogen (secondary N) is 1. The lowest BCUT2D eigenvalue weighted by Gasteiger charge is -2.38. The number of anilines is 1. The van der Waals surface area contributed by atoms with Gasteiger partial charge in [0.1, 0.15) is 6.54 Å². The van der Waals surface area contributed by atoms with Gasteiger partial charge < -0.3 is 15.1 Å². The van der Waals surface area contributed by atoms with Crippen molar-refractivity contribution in [3.05, 3.63) is 85.1 Å². The monoisotopic (exact) mass is 555 g/mol. The van der Waals surface area contributed by atoms with Crippen molar-refractivity contribution in [1.82, 2.24) is 18.9 Å². The maximum absolute atomic E-state index is 13.2. The van der Waals surface area contributed by atoms with Gasteiger partial charge >= 0.3 is 11.7 Å². The zero-order valence-electron chi connectivity index (χ0n) is 20.8. The number of piperidine rings is 1. The van der Waals surface area contributed by atoms with Crippen LogP contribution in [-0.4, -0.2) is 56.5 Å². The van der Waals surface area contributed by atoms with Crippen LogP contribution in [0.25, 0.3) is 11.1 Å². The number of carbonyl (C=O) groups is 2. The molecule has 198 valence electrons. The molecule has 2 aliphatic heterocycles. The van der Waals surface area contributed by atoms with Crippen molar-refractivity contribution < 1.29 is 9.59 Å². The molecule has 3 amide bonds. The molecule has 2 aromatic carbocycles.